The Balaban J connectivity index is 2.74. The number of hydrogen-bond donors (Lipinski definition) is 1. The van der Waals surface area contributed by atoms with E-state index in [0.29, 0.717) is 25.3 Å². The van der Waals surface area contributed by atoms with Crippen LogP contribution in [0.25, 0.3) is 0 Å². The first-order valence-corrected chi connectivity index (χ1v) is 6.64. The molecule has 0 fully saturated rings. The zero-order chi connectivity index (χ0) is 14.5. The molecule has 0 atom stereocenters. The predicted octanol–water partition coefficient (Wildman–Crippen LogP) is 2.82. The topological polar surface area (TPSA) is 32.7 Å². The van der Waals surface area contributed by atoms with Gasteiger partial charge in [-0.15, -0.1) is 0 Å². The van der Waals surface area contributed by atoms with Crippen LogP contribution in [0, 0.1) is 5.82 Å². The lowest BCUT2D eigenvalue weighted by Gasteiger charge is -2.35. The minimum atomic E-state index is -0.326. The molecule has 108 valence electrons. The SMILES string of the molecule is CCOc1ccc(CN(C)C(C)(C)CCO)cc1F. The molecule has 1 aromatic carbocycles. The van der Waals surface area contributed by atoms with Crippen LogP contribution in [0.4, 0.5) is 4.39 Å². The fraction of sp³-hybridized carbons (Fsp3) is 0.600. The molecule has 1 rings (SSSR count). The van der Waals surface area contributed by atoms with Crippen molar-refractivity contribution in [3.05, 3.63) is 29.6 Å². The van der Waals surface area contributed by atoms with Gasteiger partial charge in [0.05, 0.1) is 6.61 Å². The molecule has 3 nitrogen and oxygen atoms in total. The molecule has 1 N–H and O–H groups in total. The van der Waals surface area contributed by atoms with Crippen molar-refractivity contribution < 1.29 is 14.2 Å². The van der Waals surface area contributed by atoms with Gasteiger partial charge in [0.2, 0.25) is 0 Å². The number of aliphatic hydroxyl groups excluding tert-OH is 1. The van der Waals surface area contributed by atoms with E-state index in [1.54, 1.807) is 6.07 Å². The van der Waals surface area contributed by atoms with E-state index in [9.17, 15) is 4.39 Å². The van der Waals surface area contributed by atoms with Gasteiger partial charge in [0.1, 0.15) is 0 Å². The molecule has 0 spiro atoms. The minimum absolute atomic E-state index is 0.121. The summed E-state index contributed by atoms with van der Waals surface area (Å²) in [7, 11) is 1.98. The highest BCUT2D eigenvalue weighted by Crippen LogP contribution is 2.22. The quantitative estimate of drug-likeness (QED) is 0.826. The van der Waals surface area contributed by atoms with Crippen LogP contribution in [0.2, 0.25) is 0 Å². The first kappa shape index (κ1) is 15.9. The van der Waals surface area contributed by atoms with Gasteiger partial charge in [-0.3, -0.25) is 4.90 Å². The Morgan fingerprint density at radius 3 is 2.58 bits per heavy atom. The fourth-order valence-corrected chi connectivity index (χ4v) is 1.87. The van der Waals surface area contributed by atoms with E-state index in [1.807, 2.05) is 20.0 Å². The van der Waals surface area contributed by atoms with Gasteiger partial charge in [-0.2, -0.15) is 0 Å². The zero-order valence-corrected chi connectivity index (χ0v) is 12.2. The largest absolute Gasteiger partial charge is 0.491 e. The monoisotopic (exact) mass is 269 g/mol. The second kappa shape index (κ2) is 6.87. The highest BCUT2D eigenvalue weighted by molar-refractivity contribution is 5.29. The second-order valence-corrected chi connectivity index (χ2v) is 5.34. The predicted molar refractivity (Wildman–Crippen MR) is 74.8 cm³/mol. The summed E-state index contributed by atoms with van der Waals surface area (Å²) >= 11 is 0. The first-order valence-electron chi connectivity index (χ1n) is 6.64. The average Bonchev–Trinajstić information content (AvgIpc) is 2.32. The smallest absolute Gasteiger partial charge is 0.165 e. The Labute approximate surface area is 115 Å². The summed E-state index contributed by atoms with van der Waals surface area (Å²) in [6, 6.07) is 5.05. The van der Waals surface area contributed by atoms with Crippen LogP contribution in [-0.2, 0) is 6.54 Å². The van der Waals surface area contributed by atoms with Gasteiger partial charge in [0, 0.05) is 18.7 Å². The summed E-state index contributed by atoms with van der Waals surface area (Å²) in [4.78, 5) is 2.11. The van der Waals surface area contributed by atoms with E-state index < -0.39 is 0 Å². The van der Waals surface area contributed by atoms with Crippen molar-refractivity contribution in [3.8, 4) is 5.75 Å². The van der Waals surface area contributed by atoms with E-state index in [4.69, 9.17) is 9.84 Å². The number of benzene rings is 1. The van der Waals surface area contributed by atoms with Crippen molar-refractivity contribution in [2.75, 3.05) is 20.3 Å². The number of hydrogen-bond acceptors (Lipinski definition) is 3. The molecule has 0 heterocycles. The maximum atomic E-state index is 13.7. The van der Waals surface area contributed by atoms with E-state index in [0.717, 1.165) is 5.56 Å². The molecule has 0 aliphatic heterocycles. The van der Waals surface area contributed by atoms with Gasteiger partial charge < -0.3 is 9.84 Å². The fourth-order valence-electron chi connectivity index (χ4n) is 1.87. The Bertz CT molecular complexity index is 407. The van der Waals surface area contributed by atoms with Gasteiger partial charge in [-0.05, 0) is 51.9 Å². The summed E-state index contributed by atoms with van der Waals surface area (Å²) < 4.78 is 18.9. The van der Waals surface area contributed by atoms with Crippen LogP contribution in [0.15, 0.2) is 18.2 Å². The third-order valence-corrected chi connectivity index (χ3v) is 3.47. The summed E-state index contributed by atoms with van der Waals surface area (Å²) in [6.45, 7) is 7.20. The van der Waals surface area contributed by atoms with Crippen LogP contribution >= 0.6 is 0 Å². The highest BCUT2D eigenvalue weighted by Gasteiger charge is 2.23. The molecule has 0 bridgehead atoms. The lowest BCUT2D eigenvalue weighted by molar-refractivity contribution is 0.110. The van der Waals surface area contributed by atoms with Gasteiger partial charge in [-0.1, -0.05) is 6.07 Å². The molecule has 1 aromatic rings. The van der Waals surface area contributed by atoms with Crippen molar-refractivity contribution in [2.45, 2.75) is 39.3 Å². The van der Waals surface area contributed by atoms with Crippen molar-refractivity contribution >= 4 is 0 Å². The first-order chi connectivity index (χ1) is 8.90. The summed E-state index contributed by atoms with van der Waals surface area (Å²) in [5.41, 5.74) is 0.776. The molecule has 0 aliphatic carbocycles. The number of ether oxygens (including phenoxy) is 1. The number of rotatable bonds is 7. The van der Waals surface area contributed by atoms with Gasteiger partial charge in [0.15, 0.2) is 11.6 Å². The summed E-state index contributed by atoms with van der Waals surface area (Å²) in [5.74, 6) is -0.0313. The van der Waals surface area contributed by atoms with Crippen molar-refractivity contribution in [1.29, 1.82) is 0 Å². The van der Waals surface area contributed by atoms with Crippen LogP contribution in [0.1, 0.15) is 32.8 Å². The van der Waals surface area contributed by atoms with Crippen LogP contribution in [0.5, 0.6) is 5.75 Å². The Kier molecular flexibility index (Phi) is 5.76. The number of nitrogens with zero attached hydrogens (tertiary/aromatic N) is 1. The van der Waals surface area contributed by atoms with E-state index >= 15 is 0 Å². The van der Waals surface area contributed by atoms with Gasteiger partial charge in [0.25, 0.3) is 0 Å². The molecule has 0 unspecified atom stereocenters. The Morgan fingerprint density at radius 1 is 1.37 bits per heavy atom. The minimum Gasteiger partial charge on any atom is -0.491 e. The molecule has 0 saturated heterocycles. The van der Waals surface area contributed by atoms with Gasteiger partial charge >= 0.3 is 0 Å². The zero-order valence-electron chi connectivity index (χ0n) is 12.2. The highest BCUT2D eigenvalue weighted by atomic mass is 19.1. The molecular formula is C15H24FNO2. The van der Waals surface area contributed by atoms with Crippen molar-refractivity contribution in [2.24, 2.45) is 0 Å². The number of halogens is 1. The van der Waals surface area contributed by atoms with Crippen molar-refractivity contribution in [1.82, 2.24) is 4.90 Å². The third-order valence-electron chi connectivity index (χ3n) is 3.47. The van der Waals surface area contributed by atoms with E-state index in [1.165, 1.54) is 6.07 Å². The molecule has 0 amide bonds. The maximum absolute atomic E-state index is 13.7. The molecule has 0 aromatic heterocycles. The lowest BCUT2D eigenvalue weighted by Crippen LogP contribution is -2.41. The second-order valence-electron chi connectivity index (χ2n) is 5.34. The third kappa shape index (κ3) is 4.48. The van der Waals surface area contributed by atoms with E-state index in [2.05, 4.69) is 18.7 Å². The van der Waals surface area contributed by atoms with Crippen molar-refractivity contribution in [3.63, 3.8) is 0 Å². The average molecular weight is 269 g/mol. The van der Waals surface area contributed by atoms with E-state index in [-0.39, 0.29) is 18.0 Å². The van der Waals surface area contributed by atoms with Crippen LogP contribution < -0.4 is 4.74 Å². The molecule has 0 aliphatic rings. The Morgan fingerprint density at radius 2 is 2.05 bits per heavy atom. The van der Waals surface area contributed by atoms with Gasteiger partial charge in [-0.25, -0.2) is 4.39 Å². The summed E-state index contributed by atoms with van der Waals surface area (Å²) in [5, 5.41) is 9.05. The normalized spacial score (nSPS) is 11.9. The molecule has 4 heteroatoms. The maximum Gasteiger partial charge on any atom is 0.165 e. The molecule has 0 radical (unpaired) electrons. The van der Waals surface area contributed by atoms with Crippen LogP contribution in [-0.4, -0.2) is 35.8 Å². The number of aliphatic hydroxyl groups is 1. The molecular weight excluding hydrogens is 245 g/mol. The van der Waals surface area contributed by atoms with Crippen LogP contribution in [0.3, 0.4) is 0 Å². The lowest BCUT2D eigenvalue weighted by atomic mass is 9.98. The standard InChI is InChI=1S/C15H24FNO2/c1-5-19-14-7-6-12(10-13(14)16)11-17(4)15(2,3)8-9-18/h6-7,10,18H,5,8-9,11H2,1-4H3. The molecule has 19 heavy (non-hydrogen) atoms. The summed E-state index contributed by atoms with van der Waals surface area (Å²) in [6.07, 6.45) is 0.684. The molecule has 0 saturated carbocycles. The Hall–Kier alpha value is -1.13.